The van der Waals surface area contributed by atoms with E-state index >= 15 is 0 Å². The number of carbonyl (C=O) groups is 2. The molecule has 0 aliphatic heterocycles. The van der Waals surface area contributed by atoms with Crippen LogP contribution in [0.25, 0.3) is 0 Å². The van der Waals surface area contributed by atoms with Gasteiger partial charge >= 0.3 is 5.97 Å². The minimum absolute atomic E-state index is 0.00109. The molecule has 1 heterocycles. The maximum Gasteiger partial charge on any atom is 0.339 e. The van der Waals surface area contributed by atoms with Gasteiger partial charge in [0.05, 0.1) is 24.9 Å². The van der Waals surface area contributed by atoms with Crippen LogP contribution in [0.5, 0.6) is 0 Å². The number of nitrogens with one attached hydrogen (secondary N) is 1. The van der Waals surface area contributed by atoms with Crippen molar-refractivity contribution < 1.29 is 14.3 Å². The third kappa shape index (κ3) is 4.14. The number of ether oxygens (including phenoxy) is 1. The molecule has 0 radical (unpaired) electrons. The Bertz CT molecular complexity index is 415. The molecule has 0 aliphatic carbocycles. The fourth-order valence-electron chi connectivity index (χ4n) is 1.22. The number of hydrogen-bond acceptors (Lipinski definition) is 5. The fourth-order valence-corrected chi connectivity index (χ4v) is 1.22. The van der Waals surface area contributed by atoms with Gasteiger partial charge in [-0.25, -0.2) is 4.79 Å². The first-order chi connectivity index (χ1) is 8.54. The summed E-state index contributed by atoms with van der Waals surface area (Å²) in [6, 6.07) is 3.36. The van der Waals surface area contributed by atoms with Crippen LogP contribution in [0.4, 0.5) is 0 Å². The van der Waals surface area contributed by atoms with Crippen molar-refractivity contribution in [2.45, 2.75) is 6.54 Å². The normalized spacial score (nSPS) is 9.94. The van der Waals surface area contributed by atoms with Crippen molar-refractivity contribution in [1.29, 1.82) is 0 Å². The Morgan fingerprint density at radius 2 is 2.11 bits per heavy atom. The lowest BCUT2D eigenvalue weighted by Crippen LogP contribution is -2.32. The van der Waals surface area contributed by atoms with Crippen molar-refractivity contribution in [1.82, 2.24) is 15.2 Å². The minimum Gasteiger partial charge on any atom is -0.465 e. The molecule has 0 aromatic carbocycles. The summed E-state index contributed by atoms with van der Waals surface area (Å²) >= 11 is 0. The second kappa shape index (κ2) is 6.70. The first kappa shape index (κ1) is 14.1. The average Bonchev–Trinajstić information content (AvgIpc) is 2.38. The van der Waals surface area contributed by atoms with E-state index in [1.54, 1.807) is 26.2 Å². The van der Waals surface area contributed by atoms with E-state index in [9.17, 15) is 9.59 Å². The zero-order valence-corrected chi connectivity index (χ0v) is 10.8. The molecule has 0 saturated heterocycles. The highest BCUT2D eigenvalue weighted by Gasteiger charge is 2.06. The predicted molar refractivity (Wildman–Crippen MR) is 66.0 cm³/mol. The molecule has 1 N–H and O–H groups in total. The van der Waals surface area contributed by atoms with E-state index in [2.05, 4.69) is 15.0 Å². The third-order valence-electron chi connectivity index (χ3n) is 2.33. The van der Waals surface area contributed by atoms with Gasteiger partial charge in [0.2, 0.25) is 5.91 Å². The van der Waals surface area contributed by atoms with Gasteiger partial charge in [0.25, 0.3) is 0 Å². The van der Waals surface area contributed by atoms with Crippen LogP contribution in [-0.2, 0) is 16.1 Å². The molecule has 0 unspecified atom stereocenters. The van der Waals surface area contributed by atoms with E-state index in [1.165, 1.54) is 18.2 Å². The summed E-state index contributed by atoms with van der Waals surface area (Å²) in [6.07, 6.45) is 1.45. The first-order valence-corrected chi connectivity index (χ1v) is 5.48. The van der Waals surface area contributed by atoms with E-state index in [1.807, 2.05) is 0 Å². The molecule has 0 atom stereocenters. The van der Waals surface area contributed by atoms with Crippen molar-refractivity contribution in [3.05, 3.63) is 29.6 Å². The number of rotatable bonds is 5. The standard InChI is InChI=1S/C12H17N3O3/c1-15(2)11(16)8-13-7-10-5-4-9(6-14-10)12(17)18-3/h4-6,13H,7-8H2,1-3H3. The van der Waals surface area contributed by atoms with Crippen LogP contribution in [0.2, 0.25) is 0 Å². The van der Waals surface area contributed by atoms with E-state index in [0.29, 0.717) is 12.1 Å². The Kier molecular flexibility index (Phi) is 5.26. The zero-order valence-electron chi connectivity index (χ0n) is 10.8. The van der Waals surface area contributed by atoms with Crippen LogP contribution in [0.3, 0.4) is 0 Å². The van der Waals surface area contributed by atoms with Crippen LogP contribution in [0.15, 0.2) is 18.3 Å². The maximum absolute atomic E-state index is 11.3. The number of methoxy groups -OCH3 is 1. The molecular weight excluding hydrogens is 234 g/mol. The summed E-state index contributed by atoms with van der Waals surface area (Å²) in [5, 5.41) is 2.98. The average molecular weight is 251 g/mol. The molecule has 0 fully saturated rings. The number of pyridine rings is 1. The zero-order chi connectivity index (χ0) is 13.5. The van der Waals surface area contributed by atoms with Gasteiger partial charge in [-0.1, -0.05) is 0 Å². The molecule has 6 nitrogen and oxygen atoms in total. The van der Waals surface area contributed by atoms with Crippen molar-refractivity contribution in [3.63, 3.8) is 0 Å². The number of nitrogens with zero attached hydrogens (tertiary/aromatic N) is 2. The van der Waals surface area contributed by atoms with Gasteiger partial charge in [-0.15, -0.1) is 0 Å². The molecule has 1 amide bonds. The molecule has 1 aromatic heterocycles. The SMILES string of the molecule is COC(=O)c1ccc(CNCC(=O)N(C)C)nc1. The molecule has 1 aromatic rings. The van der Waals surface area contributed by atoms with E-state index in [-0.39, 0.29) is 12.5 Å². The molecule has 6 heteroatoms. The van der Waals surface area contributed by atoms with Crippen LogP contribution >= 0.6 is 0 Å². The van der Waals surface area contributed by atoms with E-state index in [0.717, 1.165) is 5.69 Å². The Morgan fingerprint density at radius 1 is 1.39 bits per heavy atom. The van der Waals surface area contributed by atoms with E-state index < -0.39 is 5.97 Å². The summed E-state index contributed by atoms with van der Waals surface area (Å²) in [4.78, 5) is 28.1. The molecule has 0 spiro atoms. The molecule has 0 aliphatic rings. The summed E-state index contributed by atoms with van der Waals surface area (Å²) in [5.74, 6) is -0.411. The second-order valence-corrected chi connectivity index (χ2v) is 3.92. The van der Waals surface area contributed by atoms with Crippen LogP contribution in [0.1, 0.15) is 16.1 Å². The first-order valence-electron chi connectivity index (χ1n) is 5.48. The Balaban J connectivity index is 2.45. The molecule has 1 rings (SSSR count). The lowest BCUT2D eigenvalue weighted by atomic mass is 10.2. The second-order valence-electron chi connectivity index (χ2n) is 3.92. The third-order valence-corrected chi connectivity index (χ3v) is 2.33. The summed E-state index contributed by atoms with van der Waals surface area (Å²) in [5.41, 5.74) is 1.17. The largest absolute Gasteiger partial charge is 0.465 e. The lowest BCUT2D eigenvalue weighted by Gasteiger charge is -2.10. The summed E-state index contributed by atoms with van der Waals surface area (Å²) in [7, 11) is 4.73. The van der Waals surface area contributed by atoms with Crippen molar-refractivity contribution in [2.75, 3.05) is 27.7 Å². The van der Waals surface area contributed by atoms with Gasteiger partial charge in [-0.3, -0.25) is 9.78 Å². The quantitative estimate of drug-likeness (QED) is 0.748. The van der Waals surface area contributed by atoms with Gasteiger partial charge in [0.1, 0.15) is 0 Å². The number of amides is 1. The summed E-state index contributed by atoms with van der Waals surface area (Å²) in [6.45, 7) is 0.731. The number of aromatic nitrogens is 1. The topological polar surface area (TPSA) is 71.5 Å². The Labute approximate surface area is 106 Å². The van der Waals surface area contributed by atoms with Gasteiger partial charge in [-0.05, 0) is 12.1 Å². The minimum atomic E-state index is -0.412. The van der Waals surface area contributed by atoms with Crippen molar-refractivity contribution >= 4 is 11.9 Å². The number of likely N-dealkylation sites (N-methyl/N-ethyl adjacent to an activating group) is 1. The van der Waals surface area contributed by atoms with Gasteiger partial charge in [-0.2, -0.15) is 0 Å². The number of hydrogen-bond donors (Lipinski definition) is 1. The van der Waals surface area contributed by atoms with Gasteiger partial charge < -0.3 is 15.0 Å². The molecule has 98 valence electrons. The lowest BCUT2D eigenvalue weighted by molar-refractivity contribution is -0.127. The fraction of sp³-hybridized carbons (Fsp3) is 0.417. The highest BCUT2D eigenvalue weighted by Crippen LogP contribution is 2.01. The maximum atomic E-state index is 11.3. The van der Waals surface area contributed by atoms with Crippen LogP contribution in [-0.4, -0.2) is 49.5 Å². The Morgan fingerprint density at radius 3 is 2.61 bits per heavy atom. The Hall–Kier alpha value is -1.95. The number of carbonyl (C=O) groups excluding carboxylic acids is 2. The monoisotopic (exact) mass is 251 g/mol. The number of esters is 1. The predicted octanol–water partition coefficient (Wildman–Crippen LogP) is 0.0460. The van der Waals surface area contributed by atoms with E-state index in [4.69, 9.17) is 0 Å². The molecule has 0 saturated carbocycles. The summed E-state index contributed by atoms with van der Waals surface area (Å²) < 4.78 is 4.57. The van der Waals surface area contributed by atoms with Crippen LogP contribution < -0.4 is 5.32 Å². The van der Waals surface area contributed by atoms with Crippen molar-refractivity contribution in [2.24, 2.45) is 0 Å². The van der Waals surface area contributed by atoms with Crippen molar-refractivity contribution in [3.8, 4) is 0 Å². The van der Waals surface area contributed by atoms with Gasteiger partial charge in [0.15, 0.2) is 0 Å². The molecule has 18 heavy (non-hydrogen) atoms. The molecule has 0 bridgehead atoms. The smallest absolute Gasteiger partial charge is 0.339 e. The van der Waals surface area contributed by atoms with Gasteiger partial charge in [0, 0.05) is 26.8 Å². The highest BCUT2D eigenvalue weighted by molar-refractivity contribution is 5.88. The molecular formula is C12H17N3O3. The highest BCUT2D eigenvalue weighted by atomic mass is 16.5. The van der Waals surface area contributed by atoms with Crippen LogP contribution in [0, 0.1) is 0 Å².